The van der Waals surface area contributed by atoms with Gasteiger partial charge in [0.05, 0.1) is 6.61 Å². The molecule has 1 fully saturated rings. The second kappa shape index (κ2) is 6.05. The summed E-state index contributed by atoms with van der Waals surface area (Å²) in [6.45, 7) is 2.34. The van der Waals surface area contributed by atoms with Crippen LogP contribution in [0.1, 0.15) is 19.8 Å². The Morgan fingerprint density at radius 2 is 2.31 bits per heavy atom. The number of amides is 1. The van der Waals surface area contributed by atoms with E-state index in [1.807, 2.05) is 18.7 Å². The van der Waals surface area contributed by atoms with Crippen LogP contribution in [0.15, 0.2) is 11.6 Å². The topological polar surface area (TPSA) is 38.3 Å². The first-order valence-corrected chi connectivity index (χ1v) is 5.67. The lowest BCUT2D eigenvalue weighted by molar-refractivity contribution is -0.128. The molecule has 1 aliphatic heterocycles. The average molecular weight is 201 g/mol. The maximum atomic E-state index is 11.2. The van der Waals surface area contributed by atoms with Gasteiger partial charge in [0.25, 0.3) is 5.91 Å². The van der Waals surface area contributed by atoms with Crippen molar-refractivity contribution >= 4 is 17.7 Å². The summed E-state index contributed by atoms with van der Waals surface area (Å²) in [6.07, 6.45) is 3.73. The Morgan fingerprint density at radius 1 is 1.62 bits per heavy atom. The molecule has 4 heteroatoms. The zero-order valence-corrected chi connectivity index (χ0v) is 8.65. The van der Waals surface area contributed by atoms with Crippen molar-refractivity contribution in [3.8, 4) is 0 Å². The molecular formula is C9H15NO2S. The molecule has 0 atom stereocenters. The molecular weight excluding hydrogens is 186 g/mol. The monoisotopic (exact) mass is 201 g/mol. The normalized spacial score (nSPS) is 16.8. The highest BCUT2D eigenvalue weighted by atomic mass is 32.2. The van der Waals surface area contributed by atoms with Gasteiger partial charge in [-0.25, -0.2) is 5.48 Å². The lowest BCUT2D eigenvalue weighted by atomic mass is 10.1. The predicted molar refractivity (Wildman–Crippen MR) is 54.4 cm³/mol. The third kappa shape index (κ3) is 4.33. The zero-order valence-electron chi connectivity index (χ0n) is 7.84. The number of carbonyl (C=O) groups is 1. The first kappa shape index (κ1) is 10.6. The van der Waals surface area contributed by atoms with Gasteiger partial charge in [0, 0.05) is 6.08 Å². The van der Waals surface area contributed by atoms with Crippen molar-refractivity contribution in [3.05, 3.63) is 11.6 Å². The number of thioether (sulfide) groups is 1. The maximum Gasteiger partial charge on any atom is 0.267 e. The summed E-state index contributed by atoms with van der Waals surface area (Å²) >= 11 is 1.94. The van der Waals surface area contributed by atoms with E-state index in [0.29, 0.717) is 6.61 Å². The van der Waals surface area contributed by atoms with E-state index >= 15 is 0 Å². The Morgan fingerprint density at radius 3 is 2.92 bits per heavy atom. The molecule has 1 amide bonds. The van der Waals surface area contributed by atoms with Gasteiger partial charge in [0.15, 0.2) is 0 Å². The fraction of sp³-hybridized carbons (Fsp3) is 0.667. The SMILES string of the molecule is CCONC(=O)C=C1CCSCC1. The lowest BCUT2D eigenvalue weighted by Crippen LogP contribution is -2.22. The third-order valence-electron chi connectivity index (χ3n) is 1.79. The number of hydroxylamine groups is 1. The quantitative estimate of drug-likeness (QED) is 0.555. The van der Waals surface area contributed by atoms with Gasteiger partial charge in [-0.15, -0.1) is 0 Å². The van der Waals surface area contributed by atoms with Crippen LogP contribution in [0.3, 0.4) is 0 Å². The predicted octanol–water partition coefficient (Wildman–Crippen LogP) is 1.51. The molecule has 0 bridgehead atoms. The van der Waals surface area contributed by atoms with Crippen LogP contribution in [0.5, 0.6) is 0 Å². The van der Waals surface area contributed by atoms with Gasteiger partial charge in [0.2, 0.25) is 0 Å². The van der Waals surface area contributed by atoms with Crippen molar-refractivity contribution < 1.29 is 9.63 Å². The largest absolute Gasteiger partial charge is 0.274 e. The molecule has 1 aliphatic rings. The van der Waals surface area contributed by atoms with Crippen molar-refractivity contribution in [1.82, 2.24) is 5.48 Å². The molecule has 0 aromatic heterocycles. The van der Waals surface area contributed by atoms with Crippen LogP contribution in [0.2, 0.25) is 0 Å². The van der Waals surface area contributed by atoms with Crippen molar-refractivity contribution in [2.45, 2.75) is 19.8 Å². The standard InChI is InChI=1S/C9H15NO2S/c1-2-12-10-9(11)7-8-3-5-13-6-4-8/h7H,2-6H2,1H3,(H,10,11). The van der Waals surface area contributed by atoms with Gasteiger partial charge in [-0.2, -0.15) is 11.8 Å². The average Bonchev–Trinajstić information content (AvgIpc) is 2.16. The van der Waals surface area contributed by atoms with Crippen LogP contribution < -0.4 is 5.48 Å². The summed E-state index contributed by atoms with van der Waals surface area (Å²) in [5, 5.41) is 0. The van der Waals surface area contributed by atoms with Gasteiger partial charge < -0.3 is 0 Å². The van der Waals surface area contributed by atoms with Crippen molar-refractivity contribution in [2.75, 3.05) is 18.1 Å². The molecule has 1 N–H and O–H groups in total. The fourth-order valence-corrected chi connectivity index (χ4v) is 2.15. The zero-order chi connectivity index (χ0) is 9.52. The number of allylic oxidation sites excluding steroid dienone is 1. The third-order valence-corrected chi connectivity index (χ3v) is 2.77. The lowest BCUT2D eigenvalue weighted by Gasteiger charge is -2.12. The fourth-order valence-electron chi connectivity index (χ4n) is 1.14. The van der Waals surface area contributed by atoms with Crippen molar-refractivity contribution in [1.29, 1.82) is 0 Å². The van der Waals surface area contributed by atoms with E-state index in [2.05, 4.69) is 5.48 Å². The molecule has 0 saturated carbocycles. The van der Waals surface area contributed by atoms with Gasteiger partial charge in [0.1, 0.15) is 0 Å². The minimum absolute atomic E-state index is 0.135. The van der Waals surface area contributed by atoms with Crippen molar-refractivity contribution in [2.24, 2.45) is 0 Å². The Kier molecular flexibility index (Phi) is 4.93. The minimum atomic E-state index is -0.135. The van der Waals surface area contributed by atoms with Crippen LogP contribution in [-0.4, -0.2) is 24.0 Å². The van der Waals surface area contributed by atoms with Gasteiger partial charge in [-0.05, 0) is 31.3 Å². The summed E-state index contributed by atoms with van der Waals surface area (Å²) in [7, 11) is 0. The maximum absolute atomic E-state index is 11.2. The molecule has 74 valence electrons. The van der Waals surface area contributed by atoms with E-state index in [4.69, 9.17) is 4.84 Å². The number of hydrogen-bond donors (Lipinski definition) is 1. The van der Waals surface area contributed by atoms with Crippen LogP contribution in [-0.2, 0) is 9.63 Å². The van der Waals surface area contributed by atoms with Crippen LogP contribution in [0, 0.1) is 0 Å². The highest BCUT2D eigenvalue weighted by Gasteiger charge is 2.07. The summed E-state index contributed by atoms with van der Waals surface area (Å²) in [4.78, 5) is 15.9. The van der Waals surface area contributed by atoms with E-state index in [9.17, 15) is 4.79 Å². The van der Waals surface area contributed by atoms with E-state index in [1.54, 1.807) is 6.08 Å². The molecule has 1 rings (SSSR count). The van der Waals surface area contributed by atoms with E-state index in [1.165, 1.54) is 5.57 Å². The van der Waals surface area contributed by atoms with Crippen molar-refractivity contribution in [3.63, 3.8) is 0 Å². The first-order valence-electron chi connectivity index (χ1n) is 4.52. The summed E-state index contributed by atoms with van der Waals surface area (Å²) in [5.41, 5.74) is 3.59. The van der Waals surface area contributed by atoms with Gasteiger partial charge in [-0.3, -0.25) is 9.63 Å². The number of nitrogens with one attached hydrogen (secondary N) is 1. The Balaban J connectivity index is 2.30. The molecule has 1 saturated heterocycles. The molecule has 0 unspecified atom stereocenters. The molecule has 0 aliphatic carbocycles. The number of carbonyl (C=O) groups excluding carboxylic acids is 1. The summed E-state index contributed by atoms with van der Waals surface area (Å²) in [6, 6.07) is 0. The Hall–Kier alpha value is -0.480. The van der Waals surface area contributed by atoms with E-state index in [0.717, 1.165) is 24.3 Å². The van der Waals surface area contributed by atoms with E-state index in [-0.39, 0.29) is 5.91 Å². The second-order valence-corrected chi connectivity index (χ2v) is 4.04. The summed E-state index contributed by atoms with van der Waals surface area (Å²) < 4.78 is 0. The summed E-state index contributed by atoms with van der Waals surface area (Å²) in [5.74, 6) is 2.13. The molecule has 13 heavy (non-hydrogen) atoms. The molecule has 0 spiro atoms. The molecule has 0 aromatic rings. The number of rotatable bonds is 3. The molecule has 0 aromatic carbocycles. The van der Waals surface area contributed by atoms with Crippen LogP contribution in [0.25, 0.3) is 0 Å². The molecule has 0 radical (unpaired) electrons. The smallest absolute Gasteiger partial charge is 0.267 e. The first-order chi connectivity index (χ1) is 6.33. The van der Waals surface area contributed by atoms with E-state index < -0.39 is 0 Å². The second-order valence-electron chi connectivity index (χ2n) is 2.81. The molecule has 3 nitrogen and oxygen atoms in total. The molecule has 1 heterocycles. The van der Waals surface area contributed by atoms with Crippen LogP contribution in [0.4, 0.5) is 0 Å². The highest BCUT2D eigenvalue weighted by molar-refractivity contribution is 7.99. The Labute approximate surface area is 82.9 Å². The minimum Gasteiger partial charge on any atom is -0.274 e. The highest BCUT2D eigenvalue weighted by Crippen LogP contribution is 2.21. The van der Waals surface area contributed by atoms with Gasteiger partial charge >= 0.3 is 0 Å². The number of hydrogen-bond acceptors (Lipinski definition) is 3. The Bertz CT molecular complexity index is 196. The van der Waals surface area contributed by atoms with Gasteiger partial charge in [-0.1, -0.05) is 5.57 Å². The van der Waals surface area contributed by atoms with Crippen LogP contribution >= 0.6 is 11.8 Å².